The minimum Gasteiger partial charge on any atom is -0.489 e. The SMILES string of the molecule is N[C@H](CO)c1ccc(OCc2c(F)cccc2Cl)cc1. The number of aliphatic hydroxyl groups is 1. The zero-order valence-electron chi connectivity index (χ0n) is 10.7. The number of aliphatic hydroxyl groups excluding tert-OH is 1. The van der Waals surface area contributed by atoms with Gasteiger partial charge in [0, 0.05) is 5.56 Å². The summed E-state index contributed by atoms with van der Waals surface area (Å²) in [6.45, 7) is -0.0675. The number of rotatable bonds is 5. The average Bonchev–Trinajstić information content (AvgIpc) is 2.46. The molecule has 3 N–H and O–H groups in total. The zero-order valence-corrected chi connectivity index (χ0v) is 11.5. The fourth-order valence-corrected chi connectivity index (χ4v) is 1.96. The second-order valence-corrected chi connectivity index (χ2v) is 4.75. The highest BCUT2D eigenvalue weighted by molar-refractivity contribution is 6.31. The summed E-state index contributed by atoms with van der Waals surface area (Å²) in [5.74, 6) is 0.189. The van der Waals surface area contributed by atoms with Crippen molar-refractivity contribution >= 4 is 11.6 Å². The Morgan fingerprint density at radius 2 is 1.90 bits per heavy atom. The van der Waals surface area contributed by atoms with Crippen molar-refractivity contribution in [3.8, 4) is 5.75 Å². The molecule has 0 heterocycles. The molecule has 2 aromatic rings. The maximum atomic E-state index is 13.6. The molecule has 0 aliphatic rings. The van der Waals surface area contributed by atoms with Crippen LogP contribution < -0.4 is 10.5 Å². The third-order valence-corrected chi connectivity index (χ3v) is 3.30. The van der Waals surface area contributed by atoms with Gasteiger partial charge in [0.1, 0.15) is 18.2 Å². The third-order valence-electron chi connectivity index (χ3n) is 2.95. The lowest BCUT2D eigenvalue weighted by atomic mass is 10.1. The fraction of sp³-hybridized carbons (Fsp3) is 0.200. The van der Waals surface area contributed by atoms with Gasteiger partial charge in [-0.05, 0) is 29.8 Å². The van der Waals surface area contributed by atoms with Crippen LogP contribution in [0.3, 0.4) is 0 Å². The first-order chi connectivity index (χ1) is 9.61. The lowest BCUT2D eigenvalue weighted by Crippen LogP contribution is -2.14. The van der Waals surface area contributed by atoms with E-state index in [9.17, 15) is 4.39 Å². The van der Waals surface area contributed by atoms with Gasteiger partial charge < -0.3 is 15.6 Å². The summed E-state index contributed by atoms with van der Waals surface area (Å²) in [4.78, 5) is 0. The Labute approximate surface area is 121 Å². The normalized spacial score (nSPS) is 12.2. The van der Waals surface area contributed by atoms with Crippen molar-refractivity contribution in [1.82, 2.24) is 0 Å². The molecule has 0 aliphatic carbocycles. The number of halogens is 2. The van der Waals surface area contributed by atoms with Gasteiger partial charge in [-0.25, -0.2) is 4.39 Å². The van der Waals surface area contributed by atoms with Gasteiger partial charge in [-0.2, -0.15) is 0 Å². The van der Waals surface area contributed by atoms with Gasteiger partial charge in [0.25, 0.3) is 0 Å². The molecule has 0 unspecified atom stereocenters. The summed E-state index contributed by atoms with van der Waals surface area (Å²) < 4.78 is 19.1. The van der Waals surface area contributed by atoms with Gasteiger partial charge >= 0.3 is 0 Å². The number of nitrogens with two attached hydrogens (primary N) is 1. The highest BCUT2D eigenvalue weighted by Crippen LogP contribution is 2.22. The Kier molecular flexibility index (Phi) is 4.95. The molecule has 106 valence electrons. The van der Waals surface area contributed by atoms with Crippen molar-refractivity contribution in [2.45, 2.75) is 12.6 Å². The van der Waals surface area contributed by atoms with E-state index in [2.05, 4.69) is 0 Å². The van der Waals surface area contributed by atoms with Gasteiger partial charge in [0.2, 0.25) is 0 Å². The van der Waals surface area contributed by atoms with E-state index in [0.717, 1.165) is 5.56 Å². The van der Waals surface area contributed by atoms with Crippen LogP contribution in [0.4, 0.5) is 4.39 Å². The molecule has 1 atom stereocenters. The summed E-state index contributed by atoms with van der Waals surface area (Å²) in [7, 11) is 0. The molecule has 0 saturated carbocycles. The van der Waals surface area contributed by atoms with E-state index in [-0.39, 0.29) is 13.2 Å². The summed E-state index contributed by atoms with van der Waals surface area (Å²) in [5.41, 5.74) is 6.82. The summed E-state index contributed by atoms with van der Waals surface area (Å²) in [6, 6.07) is 11.1. The fourth-order valence-electron chi connectivity index (χ4n) is 1.74. The van der Waals surface area contributed by atoms with Crippen LogP contribution in [0.1, 0.15) is 17.2 Å². The first kappa shape index (κ1) is 14.8. The highest BCUT2D eigenvalue weighted by Gasteiger charge is 2.08. The number of benzene rings is 2. The summed E-state index contributed by atoms with van der Waals surface area (Å²) in [5, 5.41) is 9.30. The number of ether oxygens (including phenoxy) is 1. The molecular formula is C15H15ClFNO2. The van der Waals surface area contributed by atoms with Crippen LogP contribution in [0.5, 0.6) is 5.75 Å². The van der Waals surface area contributed by atoms with Crippen molar-refractivity contribution in [2.75, 3.05) is 6.61 Å². The lowest BCUT2D eigenvalue weighted by Gasteiger charge is -2.11. The quantitative estimate of drug-likeness (QED) is 0.891. The van der Waals surface area contributed by atoms with Gasteiger partial charge in [-0.3, -0.25) is 0 Å². The van der Waals surface area contributed by atoms with Crippen molar-refractivity contribution in [1.29, 1.82) is 0 Å². The predicted molar refractivity (Wildman–Crippen MR) is 76.2 cm³/mol. The Morgan fingerprint density at radius 3 is 2.50 bits per heavy atom. The molecule has 0 saturated heterocycles. The Balaban J connectivity index is 2.04. The standard InChI is InChI=1S/C15H15ClFNO2/c16-13-2-1-3-14(17)12(13)9-20-11-6-4-10(5-7-11)15(18)8-19/h1-7,15,19H,8-9,18H2/t15-/m1/s1. The second-order valence-electron chi connectivity index (χ2n) is 4.35. The van der Waals surface area contributed by atoms with Gasteiger partial charge in [-0.15, -0.1) is 0 Å². The molecule has 0 aromatic heterocycles. The minimum absolute atomic E-state index is 0.0525. The molecule has 0 amide bonds. The molecule has 0 spiro atoms. The Hall–Kier alpha value is -1.62. The molecule has 0 fully saturated rings. The van der Waals surface area contributed by atoms with E-state index in [1.165, 1.54) is 6.07 Å². The topological polar surface area (TPSA) is 55.5 Å². The van der Waals surface area contributed by atoms with Crippen LogP contribution in [0.15, 0.2) is 42.5 Å². The van der Waals surface area contributed by atoms with E-state index in [0.29, 0.717) is 16.3 Å². The van der Waals surface area contributed by atoms with Crippen molar-refractivity contribution in [2.24, 2.45) is 5.73 Å². The maximum absolute atomic E-state index is 13.6. The molecule has 0 radical (unpaired) electrons. The molecule has 5 heteroatoms. The molecule has 20 heavy (non-hydrogen) atoms. The molecule has 3 nitrogen and oxygen atoms in total. The smallest absolute Gasteiger partial charge is 0.131 e. The monoisotopic (exact) mass is 295 g/mol. The minimum atomic E-state index is -0.412. The zero-order chi connectivity index (χ0) is 14.5. The maximum Gasteiger partial charge on any atom is 0.131 e. The average molecular weight is 296 g/mol. The largest absolute Gasteiger partial charge is 0.489 e. The van der Waals surface area contributed by atoms with E-state index in [1.54, 1.807) is 36.4 Å². The Morgan fingerprint density at radius 1 is 1.20 bits per heavy atom. The molecular weight excluding hydrogens is 281 g/mol. The second kappa shape index (κ2) is 6.70. The van der Waals surface area contributed by atoms with Crippen LogP contribution in [0.25, 0.3) is 0 Å². The van der Waals surface area contributed by atoms with Gasteiger partial charge in [0.05, 0.1) is 17.7 Å². The van der Waals surface area contributed by atoms with E-state index < -0.39 is 11.9 Å². The van der Waals surface area contributed by atoms with Crippen LogP contribution in [0.2, 0.25) is 5.02 Å². The van der Waals surface area contributed by atoms with Crippen LogP contribution in [0, 0.1) is 5.82 Å². The molecule has 2 rings (SSSR count). The van der Waals surface area contributed by atoms with Crippen molar-refractivity contribution in [3.05, 3.63) is 64.4 Å². The van der Waals surface area contributed by atoms with Gasteiger partial charge in [-0.1, -0.05) is 29.8 Å². The first-order valence-corrected chi connectivity index (χ1v) is 6.51. The third kappa shape index (κ3) is 3.48. The molecule has 2 aromatic carbocycles. The highest BCUT2D eigenvalue weighted by atomic mass is 35.5. The van der Waals surface area contributed by atoms with Crippen molar-refractivity contribution in [3.63, 3.8) is 0 Å². The summed E-state index contributed by atoms with van der Waals surface area (Å²) >= 11 is 5.92. The van der Waals surface area contributed by atoms with Crippen molar-refractivity contribution < 1.29 is 14.2 Å². The molecule has 0 bridgehead atoms. The lowest BCUT2D eigenvalue weighted by molar-refractivity contribution is 0.267. The van der Waals surface area contributed by atoms with E-state index >= 15 is 0 Å². The van der Waals surface area contributed by atoms with Crippen LogP contribution >= 0.6 is 11.6 Å². The first-order valence-electron chi connectivity index (χ1n) is 6.14. The van der Waals surface area contributed by atoms with Gasteiger partial charge in [0.15, 0.2) is 0 Å². The van der Waals surface area contributed by atoms with E-state index in [4.69, 9.17) is 27.2 Å². The summed E-state index contributed by atoms with van der Waals surface area (Å²) in [6.07, 6.45) is 0. The van der Waals surface area contributed by atoms with Crippen LogP contribution in [-0.4, -0.2) is 11.7 Å². The molecule has 0 aliphatic heterocycles. The van der Waals surface area contributed by atoms with E-state index in [1.807, 2.05) is 0 Å². The van der Waals surface area contributed by atoms with Crippen LogP contribution in [-0.2, 0) is 6.61 Å². The number of hydrogen-bond donors (Lipinski definition) is 2. The number of hydrogen-bond acceptors (Lipinski definition) is 3. The predicted octanol–water partition coefficient (Wildman–Crippen LogP) is 3.05. The Bertz CT molecular complexity index is 554.